The summed E-state index contributed by atoms with van der Waals surface area (Å²) in [6.45, 7) is 1.57. The molecular formula is C13H8BrF2N3S. The third-order valence-corrected chi connectivity index (χ3v) is 3.69. The summed E-state index contributed by atoms with van der Waals surface area (Å²) in [6, 6.07) is 4.35. The van der Waals surface area contributed by atoms with Gasteiger partial charge < -0.3 is 4.98 Å². The van der Waals surface area contributed by atoms with Crippen LogP contribution in [0.3, 0.4) is 0 Å². The topological polar surface area (TPSA) is 33.6 Å². The van der Waals surface area contributed by atoms with E-state index in [1.165, 1.54) is 16.7 Å². The van der Waals surface area contributed by atoms with Crippen molar-refractivity contribution in [2.75, 3.05) is 0 Å². The second-order valence-corrected chi connectivity index (χ2v) is 5.62. The molecule has 0 radical (unpaired) electrons. The average Bonchev–Trinajstić information content (AvgIpc) is 2.70. The number of hydrogen-bond donors (Lipinski definition) is 1. The minimum atomic E-state index is -0.685. The van der Waals surface area contributed by atoms with Gasteiger partial charge >= 0.3 is 0 Å². The van der Waals surface area contributed by atoms with Crippen molar-refractivity contribution in [2.45, 2.75) is 6.92 Å². The third kappa shape index (κ3) is 1.97. The summed E-state index contributed by atoms with van der Waals surface area (Å²) in [4.78, 5) is 7.07. The molecule has 20 heavy (non-hydrogen) atoms. The van der Waals surface area contributed by atoms with Crippen molar-refractivity contribution in [1.29, 1.82) is 0 Å². The van der Waals surface area contributed by atoms with Crippen molar-refractivity contribution in [3.05, 3.63) is 50.8 Å². The van der Waals surface area contributed by atoms with Gasteiger partial charge in [-0.15, -0.1) is 0 Å². The third-order valence-electron chi connectivity index (χ3n) is 2.97. The van der Waals surface area contributed by atoms with E-state index < -0.39 is 11.6 Å². The van der Waals surface area contributed by atoms with Gasteiger partial charge in [0.15, 0.2) is 16.2 Å². The van der Waals surface area contributed by atoms with Crippen LogP contribution in [0.5, 0.6) is 0 Å². The lowest BCUT2D eigenvalue weighted by Crippen LogP contribution is -2.04. The number of benzene rings is 1. The number of halogens is 3. The number of pyridine rings is 1. The van der Waals surface area contributed by atoms with Gasteiger partial charge in [0.1, 0.15) is 11.5 Å². The van der Waals surface area contributed by atoms with Gasteiger partial charge in [-0.05, 0) is 52.8 Å². The van der Waals surface area contributed by atoms with Crippen molar-refractivity contribution in [1.82, 2.24) is 14.5 Å². The van der Waals surface area contributed by atoms with Crippen LogP contribution in [0.4, 0.5) is 8.78 Å². The monoisotopic (exact) mass is 355 g/mol. The van der Waals surface area contributed by atoms with Crippen LogP contribution in [-0.2, 0) is 0 Å². The zero-order chi connectivity index (χ0) is 14.4. The number of aromatic nitrogens is 3. The Balaban J connectivity index is 2.44. The maximum absolute atomic E-state index is 14.3. The zero-order valence-electron chi connectivity index (χ0n) is 10.2. The van der Waals surface area contributed by atoms with Gasteiger partial charge in [-0.3, -0.25) is 4.57 Å². The van der Waals surface area contributed by atoms with Crippen molar-refractivity contribution in [3.8, 4) is 5.69 Å². The maximum Gasteiger partial charge on any atom is 0.184 e. The average molecular weight is 356 g/mol. The van der Waals surface area contributed by atoms with Gasteiger partial charge in [0.25, 0.3) is 0 Å². The molecule has 0 bridgehead atoms. The molecule has 0 saturated heterocycles. The largest absolute Gasteiger partial charge is 0.329 e. The summed E-state index contributed by atoms with van der Waals surface area (Å²) in [5, 5.41) is 0. The number of nitrogens with zero attached hydrogens (tertiary/aromatic N) is 2. The summed E-state index contributed by atoms with van der Waals surface area (Å²) in [5.41, 5.74) is 1.11. The molecule has 0 aliphatic carbocycles. The first-order valence-corrected chi connectivity index (χ1v) is 6.90. The Morgan fingerprint density at radius 1 is 1.35 bits per heavy atom. The van der Waals surface area contributed by atoms with E-state index in [9.17, 15) is 8.78 Å². The van der Waals surface area contributed by atoms with Gasteiger partial charge in [-0.1, -0.05) is 6.07 Å². The van der Waals surface area contributed by atoms with E-state index >= 15 is 0 Å². The fourth-order valence-electron chi connectivity index (χ4n) is 2.02. The Kier molecular flexibility index (Phi) is 3.18. The Bertz CT molecular complexity index is 885. The molecule has 0 amide bonds. The van der Waals surface area contributed by atoms with E-state index in [1.807, 2.05) is 0 Å². The predicted octanol–water partition coefficient (Wildman–Crippen LogP) is 4.43. The highest BCUT2D eigenvalue weighted by molar-refractivity contribution is 9.10. The lowest BCUT2D eigenvalue weighted by Gasteiger charge is -2.08. The van der Waals surface area contributed by atoms with Crippen LogP contribution < -0.4 is 0 Å². The van der Waals surface area contributed by atoms with Crippen LogP contribution in [0.15, 0.2) is 28.9 Å². The first-order chi connectivity index (χ1) is 9.49. The molecule has 0 saturated carbocycles. The summed E-state index contributed by atoms with van der Waals surface area (Å²) < 4.78 is 30.5. The standard InChI is InChI=1S/C13H8BrF2N3S/c1-6-2-3-8(15)11(10(6)16)19-12-9(18-13(19)20)4-7(14)5-17-12/h2-5H,1H3,(H,18,20). The molecule has 2 heterocycles. The van der Waals surface area contributed by atoms with Crippen LogP contribution in [0.2, 0.25) is 0 Å². The molecule has 1 aromatic carbocycles. The van der Waals surface area contributed by atoms with E-state index in [0.29, 0.717) is 16.7 Å². The molecule has 2 aromatic heterocycles. The van der Waals surface area contributed by atoms with Gasteiger partial charge in [0, 0.05) is 10.7 Å². The summed E-state index contributed by atoms with van der Waals surface area (Å²) >= 11 is 8.45. The molecule has 0 spiro atoms. The Morgan fingerprint density at radius 2 is 2.10 bits per heavy atom. The molecule has 7 heteroatoms. The molecule has 0 aliphatic rings. The van der Waals surface area contributed by atoms with Gasteiger partial charge in [-0.25, -0.2) is 13.8 Å². The summed E-state index contributed by atoms with van der Waals surface area (Å²) in [7, 11) is 0. The van der Waals surface area contributed by atoms with E-state index in [-0.39, 0.29) is 10.5 Å². The zero-order valence-corrected chi connectivity index (χ0v) is 12.6. The number of fused-ring (bicyclic) bond motifs is 1. The number of imidazole rings is 1. The van der Waals surface area contributed by atoms with Crippen LogP contribution >= 0.6 is 28.1 Å². The first-order valence-electron chi connectivity index (χ1n) is 5.70. The van der Waals surface area contributed by atoms with Crippen LogP contribution in [0, 0.1) is 23.3 Å². The number of aromatic amines is 1. The molecule has 102 valence electrons. The minimum Gasteiger partial charge on any atom is -0.329 e. The Hall–Kier alpha value is -1.60. The first kappa shape index (κ1) is 13.4. The number of nitrogens with one attached hydrogen (secondary N) is 1. The highest BCUT2D eigenvalue weighted by Crippen LogP contribution is 2.26. The van der Waals surface area contributed by atoms with Gasteiger partial charge in [-0.2, -0.15) is 0 Å². The van der Waals surface area contributed by atoms with E-state index in [1.54, 1.807) is 19.2 Å². The molecular weight excluding hydrogens is 348 g/mol. The van der Waals surface area contributed by atoms with Crippen molar-refractivity contribution in [3.63, 3.8) is 0 Å². The fraction of sp³-hybridized carbons (Fsp3) is 0.0769. The van der Waals surface area contributed by atoms with E-state index in [0.717, 1.165) is 4.47 Å². The smallest absolute Gasteiger partial charge is 0.184 e. The Morgan fingerprint density at radius 3 is 2.85 bits per heavy atom. The number of hydrogen-bond acceptors (Lipinski definition) is 2. The fourth-order valence-corrected chi connectivity index (χ4v) is 2.64. The number of rotatable bonds is 1. The lowest BCUT2D eigenvalue weighted by atomic mass is 10.2. The van der Waals surface area contributed by atoms with E-state index in [2.05, 4.69) is 25.9 Å². The molecule has 3 aromatic rings. The summed E-state index contributed by atoms with van der Waals surface area (Å²) in [5.74, 6) is -1.33. The second-order valence-electron chi connectivity index (χ2n) is 4.32. The summed E-state index contributed by atoms with van der Waals surface area (Å²) in [6.07, 6.45) is 1.55. The SMILES string of the molecule is Cc1ccc(F)c(-n2c(=S)[nH]c3cc(Br)cnc32)c1F. The molecule has 0 unspecified atom stereocenters. The molecule has 0 atom stereocenters. The lowest BCUT2D eigenvalue weighted by molar-refractivity contribution is 0.564. The normalized spacial score (nSPS) is 11.2. The quantitative estimate of drug-likeness (QED) is 0.655. The number of aryl methyl sites for hydroxylation is 1. The Labute approximate surface area is 126 Å². The van der Waals surface area contributed by atoms with Crippen LogP contribution in [0.1, 0.15) is 5.56 Å². The second kappa shape index (κ2) is 4.75. The number of H-pyrrole nitrogens is 1. The van der Waals surface area contributed by atoms with Gasteiger partial charge in [0.05, 0.1) is 5.52 Å². The van der Waals surface area contributed by atoms with Crippen LogP contribution in [-0.4, -0.2) is 14.5 Å². The van der Waals surface area contributed by atoms with E-state index in [4.69, 9.17) is 12.2 Å². The molecule has 0 aliphatic heterocycles. The predicted molar refractivity (Wildman–Crippen MR) is 78.6 cm³/mol. The highest BCUT2D eigenvalue weighted by Gasteiger charge is 2.18. The van der Waals surface area contributed by atoms with Crippen molar-refractivity contribution >= 4 is 39.3 Å². The molecule has 3 nitrogen and oxygen atoms in total. The van der Waals surface area contributed by atoms with Crippen molar-refractivity contribution < 1.29 is 8.78 Å². The van der Waals surface area contributed by atoms with Gasteiger partial charge in [0.2, 0.25) is 0 Å². The molecule has 3 rings (SSSR count). The molecule has 1 N–H and O–H groups in total. The molecule has 0 fully saturated rings. The van der Waals surface area contributed by atoms with Crippen LogP contribution in [0.25, 0.3) is 16.9 Å². The highest BCUT2D eigenvalue weighted by atomic mass is 79.9. The minimum absolute atomic E-state index is 0.189. The van der Waals surface area contributed by atoms with Crippen molar-refractivity contribution in [2.24, 2.45) is 0 Å². The maximum atomic E-state index is 14.3.